The highest BCUT2D eigenvalue weighted by Crippen LogP contribution is 2.35. The topological polar surface area (TPSA) is 29.1 Å². The Labute approximate surface area is 147 Å². The summed E-state index contributed by atoms with van der Waals surface area (Å²) in [6.07, 6.45) is -4.41. The standard InChI is InChI=1S/C17H15ClF3NOS/c18-14-8-6-13(7-9-14)16(12-4-2-1-3-5-12)24-10-15(23)22-11-17(19,20)21/h1-9,16H,10-11H2,(H,22,23)/t16-/m1/s1. The Morgan fingerprint density at radius 3 is 2.21 bits per heavy atom. The van der Waals surface area contributed by atoms with Gasteiger partial charge in [0.2, 0.25) is 5.91 Å². The zero-order valence-corrected chi connectivity index (χ0v) is 14.1. The number of benzene rings is 2. The van der Waals surface area contributed by atoms with Crippen LogP contribution in [0.25, 0.3) is 0 Å². The van der Waals surface area contributed by atoms with E-state index in [1.165, 1.54) is 11.8 Å². The quantitative estimate of drug-likeness (QED) is 0.785. The van der Waals surface area contributed by atoms with E-state index < -0.39 is 18.6 Å². The Balaban J connectivity index is 2.07. The van der Waals surface area contributed by atoms with Crippen LogP contribution in [0, 0.1) is 0 Å². The van der Waals surface area contributed by atoms with Gasteiger partial charge in [-0.15, -0.1) is 11.8 Å². The minimum absolute atomic E-state index is 0.0712. The minimum atomic E-state index is -4.41. The lowest BCUT2D eigenvalue weighted by molar-refractivity contribution is -0.136. The van der Waals surface area contributed by atoms with Crippen molar-refractivity contribution in [3.05, 3.63) is 70.7 Å². The summed E-state index contributed by atoms with van der Waals surface area (Å²) in [6.45, 7) is -1.32. The number of alkyl halides is 3. The molecule has 2 aromatic carbocycles. The molecule has 0 aromatic heterocycles. The Morgan fingerprint density at radius 1 is 1.04 bits per heavy atom. The molecule has 0 bridgehead atoms. The van der Waals surface area contributed by atoms with Crippen molar-refractivity contribution in [3.63, 3.8) is 0 Å². The molecule has 128 valence electrons. The van der Waals surface area contributed by atoms with Crippen LogP contribution in [0.1, 0.15) is 16.4 Å². The molecule has 0 radical (unpaired) electrons. The van der Waals surface area contributed by atoms with Crippen LogP contribution in [-0.4, -0.2) is 24.4 Å². The Bertz CT molecular complexity index is 662. The van der Waals surface area contributed by atoms with E-state index in [-0.39, 0.29) is 11.0 Å². The molecule has 0 heterocycles. The summed E-state index contributed by atoms with van der Waals surface area (Å²) < 4.78 is 36.4. The number of carbonyl (C=O) groups is 1. The maximum absolute atomic E-state index is 12.1. The first-order valence-corrected chi connectivity index (χ1v) is 8.53. The lowest BCUT2D eigenvalue weighted by atomic mass is 10.0. The van der Waals surface area contributed by atoms with Gasteiger partial charge in [0, 0.05) is 5.02 Å². The fourth-order valence-corrected chi connectivity index (χ4v) is 3.30. The predicted molar refractivity (Wildman–Crippen MR) is 91.3 cm³/mol. The third-order valence-corrected chi connectivity index (χ3v) is 4.70. The van der Waals surface area contributed by atoms with E-state index in [0.29, 0.717) is 5.02 Å². The third-order valence-electron chi connectivity index (χ3n) is 3.14. The van der Waals surface area contributed by atoms with Crippen LogP contribution in [0.4, 0.5) is 13.2 Å². The van der Waals surface area contributed by atoms with Crippen molar-refractivity contribution in [2.75, 3.05) is 12.3 Å². The molecule has 1 N–H and O–H groups in total. The Hall–Kier alpha value is -1.66. The summed E-state index contributed by atoms with van der Waals surface area (Å²) in [5.41, 5.74) is 1.90. The molecule has 0 unspecified atom stereocenters. The van der Waals surface area contributed by atoms with E-state index in [9.17, 15) is 18.0 Å². The second-order valence-corrected chi connectivity index (χ2v) is 6.58. The van der Waals surface area contributed by atoms with Crippen LogP contribution in [0.3, 0.4) is 0 Å². The molecule has 1 amide bonds. The van der Waals surface area contributed by atoms with Gasteiger partial charge in [-0.25, -0.2) is 0 Å². The molecular weight excluding hydrogens is 359 g/mol. The average Bonchev–Trinajstić information content (AvgIpc) is 2.55. The van der Waals surface area contributed by atoms with Crippen LogP contribution in [-0.2, 0) is 4.79 Å². The molecule has 7 heteroatoms. The maximum Gasteiger partial charge on any atom is 0.405 e. The van der Waals surface area contributed by atoms with Gasteiger partial charge < -0.3 is 5.32 Å². The van der Waals surface area contributed by atoms with E-state index in [4.69, 9.17) is 11.6 Å². The number of carbonyl (C=O) groups excluding carboxylic acids is 1. The second kappa shape index (κ2) is 8.44. The Kier molecular flexibility index (Phi) is 6.57. The first kappa shape index (κ1) is 18.7. The van der Waals surface area contributed by atoms with Gasteiger partial charge in [0.05, 0.1) is 11.0 Å². The SMILES string of the molecule is O=C(CS[C@H](c1ccccc1)c1ccc(Cl)cc1)NCC(F)(F)F. The molecule has 0 saturated carbocycles. The van der Waals surface area contributed by atoms with Crippen LogP contribution in [0.2, 0.25) is 5.02 Å². The number of amides is 1. The molecule has 2 rings (SSSR count). The average molecular weight is 374 g/mol. The van der Waals surface area contributed by atoms with Crippen molar-refractivity contribution in [2.24, 2.45) is 0 Å². The first-order chi connectivity index (χ1) is 11.3. The van der Waals surface area contributed by atoms with Gasteiger partial charge in [0.15, 0.2) is 0 Å². The fraction of sp³-hybridized carbons (Fsp3) is 0.235. The minimum Gasteiger partial charge on any atom is -0.346 e. The lowest BCUT2D eigenvalue weighted by Gasteiger charge is -2.18. The van der Waals surface area contributed by atoms with Gasteiger partial charge in [0.25, 0.3) is 0 Å². The van der Waals surface area contributed by atoms with Crippen molar-refractivity contribution in [3.8, 4) is 0 Å². The summed E-state index contributed by atoms with van der Waals surface area (Å²) in [4.78, 5) is 11.7. The van der Waals surface area contributed by atoms with Gasteiger partial charge in [-0.05, 0) is 23.3 Å². The largest absolute Gasteiger partial charge is 0.405 e. The number of hydrogen-bond acceptors (Lipinski definition) is 2. The highest BCUT2D eigenvalue weighted by molar-refractivity contribution is 8.00. The molecular formula is C17H15ClF3NOS. The molecule has 0 aliphatic carbocycles. The second-order valence-electron chi connectivity index (χ2n) is 5.05. The third kappa shape index (κ3) is 6.09. The molecule has 24 heavy (non-hydrogen) atoms. The van der Waals surface area contributed by atoms with Crippen molar-refractivity contribution in [1.82, 2.24) is 5.32 Å². The van der Waals surface area contributed by atoms with Crippen LogP contribution < -0.4 is 5.32 Å². The zero-order valence-electron chi connectivity index (χ0n) is 12.5. The van der Waals surface area contributed by atoms with Crippen LogP contribution in [0.15, 0.2) is 54.6 Å². The fourth-order valence-electron chi connectivity index (χ4n) is 2.06. The van der Waals surface area contributed by atoms with E-state index in [1.807, 2.05) is 47.8 Å². The number of thioether (sulfide) groups is 1. The smallest absolute Gasteiger partial charge is 0.346 e. The molecule has 0 fully saturated rings. The van der Waals surface area contributed by atoms with Gasteiger partial charge in [-0.2, -0.15) is 13.2 Å². The van der Waals surface area contributed by atoms with E-state index >= 15 is 0 Å². The van der Waals surface area contributed by atoms with Crippen molar-refractivity contribution in [2.45, 2.75) is 11.4 Å². The molecule has 0 spiro atoms. The van der Waals surface area contributed by atoms with Gasteiger partial charge in [-0.1, -0.05) is 54.1 Å². The summed E-state index contributed by atoms with van der Waals surface area (Å²) >= 11 is 7.17. The van der Waals surface area contributed by atoms with E-state index in [2.05, 4.69) is 0 Å². The van der Waals surface area contributed by atoms with Crippen LogP contribution >= 0.6 is 23.4 Å². The van der Waals surface area contributed by atoms with Gasteiger partial charge in [0.1, 0.15) is 6.54 Å². The highest BCUT2D eigenvalue weighted by Gasteiger charge is 2.27. The summed E-state index contributed by atoms with van der Waals surface area (Å²) in [7, 11) is 0. The van der Waals surface area contributed by atoms with E-state index in [1.54, 1.807) is 12.1 Å². The van der Waals surface area contributed by atoms with E-state index in [0.717, 1.165) is 11.1 Å². The summed E-state index contributed by atoms with van der Waals surface area (Å²) in [5, 5.41) is 2.31. The molecule has 1 atom stereocenters. The Morgan fingerprint density at radius 2 is 1.62 bits per heavy atom. The molecule has 2 nitrogen and oxygen atoms in total. The molecule has 0 saturated heterocycles. The predicted octanol–water partition coefficient (Wildman–Crippen LogP) is 4.84. The van der Waals surface area contributed by atoms with Crippen molar-refractivity contribution < 1.29 is 18.0 Å². The maximum atomic E-state index is 12.1. The number of rotatable bonds is 6. The molecule has 0 aliphatic rings. The number of nitrogens with one attached hydrogen (secondary N) is 1. The van der Waals surface area contributed by atoms with Gasteiger partial charge >= 0.3 is 6.18 Å². The summed E-state index contributed by atoms with van der Waals surface area (Å²) in [6, 6.07) is 16.7. The van der Waals surface area contributed by atoms with Crippen molar-refractivity contribution in [1.29, 1.82) is 0 Å². The number of halogens is 4. The summed E-state index contributed by atoms with van der Waals surface area (Å²) in [5.74, 6) is -0.717. The number of hydrogen-bond donors (Lipinski definition) is 1. The molecule has 0 aliphatic heterocycles. The lowest BCUT2D eigenvalue weighted by Crippen LogP contribution is -2.34. The normalized spacial score (nSPS) is 12.7. The zero-order chi connectivity index (χ0) is 17.6. The van der Waals surface area contributed by atoms with Crippen molar-refractivity contribution >= 4 is 29.3 Å². The van der Waals surface area contributed by atoms with Crippen LogP contribution in [0.5, 0.6) is 0 Å². The first-order valence-electron chi connectivity index (χ1n) is 7.10. The highest BCUT2D eigenvalue weighted by atomic mass is 35.5. The van der Waals surface area contributed by atoms with Gasteiger partial charge in [-0.3, -0.25) is 4.79 Å². The monoisotopic (exact) mass is 373 g/mol. The molecule has 2 aromatic rings.